The van der Waals surface area contributed by atoms with E-state index in [-0.39, 0.29) is 12.2 Å². The third-order valence-electron chi connectivity index (χ3n) is 4.06. The third-order valence-corrected chi connectivity index (χ3v) is 4.06. The molecular formula is C18H22N4O2. The van der Waals surface area contributed by atoms with Crippen molar-refractivity contribution < 1.29 is 9.47 Å². The Bertz CT molecular complexity index is 696. The summed E-state index contributed by atoms with van der Waals surface area (Å²) in [6, 6.07) is 13.9. The van der Waals surface area contributed by atoms with Gasteiger partial charge in [-0.1, -0.05) is 30.3 Å². The van der Waals surface area contributed by atoms with Gasteiger partial charge in [-0.2, -0.15) is 0 Å². The zero-order valence-electron chi connectivity index (χ0n) is 13.4. The SMILES string of the molecule is N=CN=C(N)c1ccc([C@H]2CC[C@@H](COCc3ccccc3)O2)[nH]1. The number of hydrogen-bond donors (Lipinski definition) is 3. The van der Waals surface area contributed by atoms with Gasteiger partial charge in [0.2, 0.25) is 0 Å². The summed E-state index contributed by atoms with van der Waals surface area (Å²) in [6.45, 7) is 1.20. The van der Waals surface area contributed by atoms with Gasteiger partial charge in [0.1, 0.15) is 12.2 Å². The second-order valence-electron chi connectivity index (χ2n) is 5.80. The van der Waals surface area contributed by atoms with E-state index in [0.29, 0.717) is 24.7 Å². The number of ether oxygens (including phenoxy) is 2. The van der Waals surface area contributed by atoms with E-state index in [4.69, 9.17) is 20.6 Å². The van der Waals surface area contributed by atoms with Crippen LogP contribution in [-0.2, 0) is 16.1 Å². The molecule has 1 aromatic carbocycles. The van der Waals surface area contributed by atoms with E-state index in [1.165, 1.54) is 5.56 Å². The van der Waals surface area contributed by atoms with Crippen molar-refractivity contribution in [2.24, 2.45) is 10.7 Å². The van der Waals surface area contributed by atoms with Gasteiger partial charge in [0.25, 0.3) is 0 Å². The van der Waals surface area contributed by atoms with Gasteiger partial charge in [-0.15, -0.1) is 0 Å². The molecule has 0 spiro atoms. The number of nitrogens with one attached hydrogen (secondary N) is 2. The molecule has 6 heteroatoms. The average Bonchev–Trinajstić information content (AvgIpc) is 3.25. The van der Waals surface area contributed by atoms with E-state index in [9.17, 15) is 0 Å². The first-order valence-corrected chi connectivity index (χ1v) is 8.05. The minimum absolute atomic E-state index is 0.0249. The minimum Gasteiger partial charge on any atom is -0.382 e. The summed E-state index contributed by atoms with van der Waals surface area (Å²) < 4.78 is 11.8. The van der Waals surface area contributed by atoms with Gasteiger partial charge in [0, 0.05) is 5.69 Å². The fourth-order valence-electron chi connectivity index (χ4n) is 2.83. The summed E-state index contributed by atoms with van der Waals surface area (Å²) in [5.74, 6) is 0.303. The molecule has 1 aromatic heterocycles. The van der Waals surface area contributed by atoms with Crippen LogP contribution < -0.4 is 5.73 Å². The van der Waals surface area contributed by atoms with Crippen LogP contribution in [0.1, 0.15) is 35.9 Å². The van der Waals surface area contributed by atoms with Gasteiger partial charge in [0.05, 0.1) is 31.1 Å². The summed E-state index contributed by atoms with van der Waals surface area (Å²) >= 11 is 0. The highest BCUT2D eigenvalue weighted by molar-refractivity contribution is 5.99. The van der Waals surface area contributed by atoms with Crippen molar-refractivity contribution in [3.8, 4) is 0 Å². The zero-order valence-corrected chi connectivity index (χ0v) is 13.4. The Morgan fingerprint density at radius 3 is 2.92 bits per heavy atom. The molecule has 0 bridgehead atoms. The topological polar surface area (TPSA) is 96.5 Å². The summed E-state index contributed by atoms with van der Waals surface area (Å²) in [6.07, 6.45) is 2.98. The number of benzene rings is 1. The van der Waals surface area contributed by atoms with Crippen LogP contribution in [0, 0.1) is 5.41 Å². The summed E-state index contributed by atoms with van der Waals surface area (Å²) in [7, 11) is 0. The molecule has 2 heterocycles. The number of amidine groups is 1. The number of aromatic amines is 1. The number of nitrogens with zero attached hydrogens (tertiary/aromatic N) is 1. The van der Waals surface area contributed by atoms with E-state index >= 15 is 0 Å². The van der Waals surface area contributed by atoms with Crippen LogP contribution in [0.2, 0.25) is 0 Å². The molecule has 1 saturated heterocycles. The fourth-order valence-corrected chi connectivity index (χ4v) is 2.83. The normalized spacial score (nSPS) is 21.1. The van der Waals surface area contributed by atoms with Gasteiger partial charge < -0.3 is 20.2 Å². The average molecular weight is 326 g/mol. The molecule has 0 aliphatic carbocycles. The molecule has 3 rings (SSSR count). The molecule has 4 N–H and O–H groups in total. The Kier molecular flexibility index (Phi) is 5.40. The Balaban J connectivity index is 1.48. The van der Waals surface area contributed by atoms with E-state index < -0.39 is 0 Å². The maximum atomic E-state index is 6.96. The van der Waals surface area contributed by atoms with E-state index in [1.807, 2.05) is 30.3 Å². The molecule has 6 nitrogen and oxygen atoms in total. The van der Waals surface area contributed by atoms with E-state index in [2.05, 4.69) is 22.1 Å². The summed E-state index contributed by atoms with van der Waals surface area (Å²) in [5, 5.41) is 6.96. The van der Waals surface area contributed by atoms with Crippen LogP contribution in [0.5, 0.6) is 0 Å². The first-order chi connectivity index (χ1) is 11.8. The van der Waals surface area contributed by atoms with Gasteiger partial charge in [-0.3, -0.25) is 5.41 Å². The standard InChI is InChI=1S/C18H22N4O2/c19-12-21-18(20)16-8-7-15(22-16)17-9-6-14(24-17)11-23-10-13-4-2-1-3-5-13/h1-5,7-8,12,14,17,22H,6,9-11H2,(H3,19,20,21)/t14-,17+/m0/s1. The monoisotopic (exact) mass is 326 g/mol. The highest BCUT2D eigenvalue weighted by atomic mass is 16.5. The second kappa shape index (κ2) is 7.90. The van der Waals surface area contributed by atoms with Crippen molar-refractivity contribution in [2.45, 2.75) is 31.7 Å². The van der Waals surface area contributed by atoms with Crippen molar-refractivity contribution in [2.75, 3.05) is 6.61 Å². The van der Waals surface area contributed by atoms with Crippen LogP contribution in [0.25, 0.3) is 0 Å². The first-order valence-electron chi connectivity index (χ1n) is 8.05. The largest absolute Gasteiger partial charge is 0.382 e. The quantitative estimate of drug-likeness (QED) is 0.539. The van der Waals surface area contributed by atoms with Crippen LogP contribution >= 0.6 is 0 Å². The molecule has 1 fully saturated rings. The molecule has 126 valence electrons. The van der Waals surface area contributed by atoms with E-state index in [1.54, 1.807) is 0 Å². The van der Waals surface area contributed by atoms with Crippen molar-refractivity contribution in [1.29, 1.82) is 5.41 Å². The Morgan fingerprint density at radius 1 is 1.29 bits per heavy atom. The second-order valence-corrected chi connectivity index (χ2v) is 5.80. The Hall–Kier alpha value is -2.44. The van der Waals surface area contributed by atoms with Crippen LogP contribution in [0.3, 0.4) is 0 Å². The van der Waals surface area contributed by atoms with Gasteiger partial charge >= 0.3 is 0 Å². The van der Waals surface area contributed by atoms with Crippen LogP contribution in [-0.4, -0.2) is 29.9 Å². The number of H-pyrrole nitrogens is 1. The molecule has 0 amide bonds. The van der Waals surface area contributed by atoms with Gasteiger partial charge in [-0.05, 0) is 30.5 Å². The maximum absolute atomic E-state index is 6.96. The maximum Gasteiger partial charge on any atom is 0.148 e. The van der Waals surface area contributed by atoms with Gasteiger partial charge in [0.15, 0.2) is 0 Å². The van der Waals surface area contributed by atoms with Gasteiger partial charge in [-0.25, -0.2) is 4.99 Å². The van der Waals surface area contributed by atoms with Crippen molar-refractivity contribution in [3.05, 3.63) is 59.4 Å². The number of aromatic nitrogens is 1. The lowest BCUT2D eigenvalue weighted by molar-refractivity contribution is -0.0215. The fraction of sp³-hybridized carbons (Fsp3) is 0.333. The smallest absolute Gasteiger partial charge is 0.148 e. The lowest BCUT2D eigenvalue weighted by Crippen LogP contribution is -2.15. The highest BCUT2D eigenvalue weighted by Gasteiger charge is 2.27. The predicted octanol–water partition coefficient (Wildman–Crippen LogP) is 2.76. The predicted molar refractivity (Wildman–Crippen MR) is 93.2 cm³/mol. The molecule has 2 atom stereocenters. The third kappa shape index (κ3) is 4.10. The molecule has 1 aliphatic heterocycles. The first kappa shape index (κ1) is 16.4. The Morgan fingerprint density at radius 2 is 2.12 bits per heavy atom. The molecule has 0 saturated carbocycles. The van der Waals surface area contributed by atoms with Crippen LogP contribution in [0.15, 0.2) is 47.5 Å². The molecular weight excluding hydrogens is 304 g/mol. The van der Waals surface area contributed by atoms with E-state index in [0.717, 1.165) is 24.9 Å². The zero-order chi connectivity index (χ0) is 16.8. The number of rotatable bonds is 7. The molecule has 24 heavy (non-hydrogen) atoms. The lowest BCUT2D eigenvalue weighted by Gasteiger charge is -2.13. The lowest BCUT2D eigenvalue weighted by atomic mass is 10.1. The molecule has 0 radical (unpaired) electrons. The Labute approximate surface area is 141 Å². The molecule has 0 unspecified atom stereocenters. The van der Waals surface area contributed by atoms with Crippen molar-refractivity contribution >= 4 is 12.2 Å². The number of nitrogens with two attached hydrogens (primary N) is 1. The van der Waals surface area contributed by atoms with Crippen LogP contribution in [0.4, 0.5) is 0 Å². The van der Waals surface area contributed by atoms with Crippen molar-refractivity contribution in [3.63, 3.8) is 0 Å². The van der Waals surface area contributed by atoms with Crippen molar-refractivity contribution in [1.82, 2.24) is 4.98 Å². The highest BCUT2D eigenvalue weighted by Crippen LogP contribution is 2.32. The summed E-state index contributed by atoms with van der Waals surface area (Å²) in [4.78, 5) is 6.98. The molecule has 1 aliphatic rings. The summed E-state index contributed by atoms with van der Waals surface area (Å²) in [5.41, 5.74) is 8.64. The number of aliphatic imine (C=N–C) groups is 1. The minimum atomic E-state index is 0.0249. The number of hydrogen-bond acceptors (Lipinski definition) is 3. The molecule has 2 aromatic rings.